The fourth-order valence-electron chi connectivity index (χ4n) is 2.74. The van der Waals surface area contributed by atoms with Crippen LogP contribution in [-0.2, 0) is 14.8 Å². The first-order chi connectivity index (χ1) is 13.7. The van der Waals surface area contributed by atoms with Crippen LogP contribution in [0.4, 0.5) is 5.69 Å². The van der Waals surface area contributed by atoms with Crippen molar-refractivity contribution >= 4 is 21.6 Å². The highest BCUT2D eigenvalue weighted by molar-refractivity contribution is 7.89. The van der Waals surface area contributed by atoms with Crippen LogP contribution in [0.5, 0.6) is 11.5 Å². The summed E-state index contributed by atoms with van der Waals surface area (Å²) in [6.45, 7) is 5.60. The van der Waals surface area contributed by atoms with Crippen molar-refractivity contribution < 1.29 is 22.7 Å². The highest BCUT2D eigenvalue weighted by Gasteiger charge is 2.30. The van der Waals surface area contributed by atoms with Gasteiger partial charge in [-0.2, -0.15) is 4.72 Å². The third-order valence-corrected chi connectivity index (χ3v) is 6.23. The summed E-state index contributed by atoms with van der Waals surface area (Å²) in [4.78, 5) is 13.1. The lowest BCUT2D eigenvalue weighted by Gasteiger charge is -2.24. The summed E-state index contributed by atoms with van der Waals surface area (Å²) in [5.74, 6) is 0.290. The van der Waals surface area contributed by atoms with Gasteiger partial charge in [0.1, 0.15) is 17.5 Å². The maximum atomic E-state index is 13.0. The molecule has 0 aliphatic carbocycles. The first-order valence-corrected chi connectivity index (χ1v) is 10.8. The van der Waals surface area contributed by atoms with Crippen molar-refractivity contribution in [2.24, 2.45) is 5.92 Å². The van der Waals surface area contributed by atoms with E-state index in [0.29, 0.717) is 23.6 Å². The predicted octanol–water partition coefficient (Wildman–Crippen LogP) is 3.34. The van der Waals surface area contributed by atoms with Gasteiger partial charge in [-0.05, 0) is 37.1 Å². The lowest BCUT2D eigenvalue weighted by molar-refractivity contribution is -0.118. The molecular weight excluding hydrogens is 392 g/mol. The van der Waals surface area contributed by atoms with Crippen molar-refractivity contribution in [2.45, 2.75) is 38.1 Å². The number of carbonyl (C=O) groups excluding carboxylic acids is 1. The van der Waals surface area contributed by atoms with Crippen molar-refractivity contribution in [2.75, 3.05) is 19.5 Å². The molecule has 7 nitrogen and oxygen atoms in total. The summed E-state index contributed by atoms with van der Waals surface area (Å²) in [6, 6.07) is 10.5. The van der Waals surface area contributed by atoms with Crippen LogP contribution < -0.4 is 19.5 Å². The summed E-state index contributed by atoms with van der Waals surface area (Å²) in [6.07, 6.45) is 0.615. The quantitative estimate of drug-likeness (QED) is 0.649. The van der Waals surface area contributed by atoms with Crippen LogP contribution in [0.15, 0.2) is 47.4 Å². The Morgan fingerprint density at radius 2 is 1.72 bits per heavy atom. The van der Waals surface area contributed by atoms with Gasteiger partial charge in [-0.3, -0.25) is 4.79 Å². The average Bonchev–Trinajstić information content (AvgIpc) is 2.71. The van der Waals surface area contributed by atoms with Crippen LogP contribution >= 0.6 is 0 Å². The minimum absolute atomic E-state index is 0.114. The molecule has 0 spiro atoms. The van der Waals surface area contributed by atoms with E-state index in [4.69, 9.17) is 9.47 Å². The van der Waals surface area contributed by atoms with Crippen LogP contribution in [0.1, 0.15) is 25.8 Å². The van der Waals surface area contributed by atoms with Crippen molar-refractivity contribution in [1.29, 1.82) is 0 Å². The Balaban J connectivity index is 2.30. The minimum Gasteiger partial charge on any atom is -0.497 e. The first-order valence-electron chi connectivity index (χ1n) is 9.33. The fourth-order valence-corrected chi connectivity index (χ4v) is 4.04. The van der Waals surface area contributed by atoms with E-state index in [9.17, 15) is 13.2 Å². The zero-order chi connectivity index (χ0) is 21.6. The van der Waals surface area contributed by atoms with Gasteiger partial charge >= 0.3 is 0 Å². The summed E-state index contributed by atoms with van der Waals surface area (Å²) in [5.41, 5.74) is 1.35. The number of amides is 1. The van der Waals surface area contributed by atoms with Gasteiger partial charge in [-0.15, -0.1) is 0 Å². The molecule has 0 saturated carbocycles. The smallest absolute Gasteiger partial charge is 0.242 e. The van der Waals surface area contributed by atoms with Crippen LogP contribution in [0, 0.1) is 12.8 Å². The highest BCUT2D eigenvalue weighted by atomic mass is 32.2. The van der Waals surface area contributed by atoms with Crippen molar-refractivity contribution in [3.8, 4) is 11.5 Å². The standard InChI is InChI=1S/C21H28N2O5S/c1-6-15(3)20(23-29(25,26)17-10-7-14(2)8-11-17)21(24)22-18-13-16(27-4)9-12-19(18)28-5/h7-13,15,20,23H,6H2,1-5H3,(H,22,24)/t15-,20+/m0/s1. The Bertz CT molecular complexity index is 942. The van der Waals surface area contributed by atoms with E-state index >= 15 is 0 Å². The molecule has 29 heavy (non-hydrogen) atoms. The second-order valence-corrected chi connectivity index (χ2v) is 8.57. The van der Waals surface area contributed by atoms with Crippen molar-refractivity contribution in [3.63, 3.8) is 0 Å². The molecule has 8 heteroatoms. The van der Waals surface area contributed by atoms with Gasteiger partial charge in [-0.1, -0.05) is 38.0 Å². The molecule has 1 amide bonds. The number of carbonyl (C=O) groups is 1. The van der Waals surface area contributed by atoms with Gasteiger partial charge < -0.3 is 14.8 Å². The Hall–Kier alpha value is -2.58. The molecule has 0 unspecified atom stereocenters. The first kappa shape index (κ1) is 22.7. The molecule has 158 valence electrons. The molecule has 0 aromatic heterocycles. The van der Waals surface area contributed by atoms with E-state index in [1.54, 1.807) is 30.3 Å². The second-order valence-electron chi connectivity index (χ2n) is 6.85. The van der Waals surface area contributed by atoms with E-state index in [0.717, 1.165) is 5.56 Å². The van der Waals surface area contributed by atoms with Gasteiger partial charge in [0.2, 0.25) is 15.9 Å². The number of rotatable bonds is 9. The van der Waals surface area contributed by atoms with Crippen LogP contribution in [0.2, 0.25) is 0 Å². The van der Waals surface area contributed by atoms with E-state index in [1.165, 1.54) is 26.4 Å². The Morgan fingerprint density at radius 3 is 2.28 bits per heavy atom. The normalized spacial score (nSPS) is 13.4. The Labute approximate surface area is 172 Å². The monoisotopic (exact) mass is 420 g/mol. The van der Waals surface area contributed by atoms with E-state index < -0.39 is 22.0 Å². The number of anilines is 1. The van der Waals surface area contributed by atoms with Gasteiger partial charge in [0, 0.05) is 6.07 Å². The van der Waals surface area contributed by atoms with Crippen molar-refractivity contribution in [3.05, 3.63) is 48.0 Å². The molecule has 0 bridgehead atoms. The molecule has 2 N–H and O–H groups in total. The molecular formula is C21H28N2O5S. The second kappa shape index (κ2) is 9.76. The molecule has 2 atom stereocenters. The van der Waals surface area contributed by atoms with Gasteiger partial charge in [-0.25, -0.2) is 8.42 Å². The third kappa shape index (κ3) is 5.71. The van der Waals surface area contributed by atoms with Crippen molar-refractivity contribution in [1.82, 2.24) is 4.72 Å². The summed E-state index contributed by atoms with van der Waals surface area (Å²) < 4.78 is 38.7. The maximum absolute atomic E-state index is 13.0. The summed E-state index contributed by atoms with van der Waals surface area (Å²) >= 11 is 0. The molecule has 2 aromatic rings. The van der Waals surface area contributed by atoms with Gasteiger partial charge in [0.15, 0.2) is 0 Å². The zero-order valence-electron chi connectivity index (χ0n) is 17.4. The highest BCUT2D eigenvalue weighted by Crippen LogP contribution is 2.29. The average molecular weight is 421 g/mol. The van der Waals surface area contributed by atoms with E-state index in [1.807, 2.05) is 20.8 Å². The van der Waals surface area contributed by atoms with Crippen LogP contribution in [-0.4, -0.2) is 34.6 Å². The molecule has 2 aromatic carbocycles. The molecule has 2 rings (SSSR count). The number of methoxy groups -OCH3 is 2. The molecule has 0 saturated heterocycles. The largest absolute Gasteiger partial charge is 0.497 e. The summed E-state index contributed by atoms with van der Waals surface area (Å²) in [5, 5.41) is 2.76. The van der Waals surface area contributed by atoms with Gasteiger partial charge in [0.05, 0.1) is 24.8 Å². The number of aryl methyl sites for hydroxylation is 1. The number of sulfonamides is 1. The fraction of sp³-hybridized carbons (Fsp3) is 0.381. The number of hydrogen-bond acceptors (Lipinski definition) is 5. The Morgan fingerprint density at radius 1 is 1.07 bits per heavy atom. The van der Waals surface area contributed by atoms with Crippen LogP contribution in [0.25, 0.3) is 0 Å². The van der Waals surface area contributed by atoms with E-state index in [-0.39, 0.29) is 10.8 Å². The topological polar surface area (TPSA) is 93.7 Å². The Kier molecular flexibility index (Phi) is 7.64. The zero-order valence-corrected chi connectivity index (χ0v) is 18.2. The molecule has 0 fully saturated rings. The third-order valence-electron chi connectivity index (χ3n) is 4.77. The van der Waals surface area contributed by atoms with Crippen LogP contribution in [0.3, 0.4) is 0 Å². The minimum atomic E-state index is -3.86. The number of benzene rings is 2. The molecule has 0 heterocycles. The van der Waals surface area contributed by atoms with E-state index in [2.05, 4.69) is 10.0 Å². The number of hydrogen-bond donors (Lipinski definition) is 2. The number of nitrogens with one attached hydrogen (secondary N) is 2. The molecule has 0 aliphatic rings. The number of ether oxygens (including phenoxy) is 2. The summed E-state index contributed by atoms with van der Waals surface area (Å²) in [7, 11) is -0.855. The SMILES string of the molecule is CC[C@H](C)[C@@H](NS(=O)(=O)c1ccc(C)cc1)C(=O)Nc1cc(OC)ccc1OC. The lowest BCUT2D eigenvalue weighted by Crippen LogP contribution is -2.47. The molecule has 0 radical (unpaired) electrons. The van der Waals surface area contributed by atoms with Gasteiger partial charge in [0.25, 0.3) is 0 Å². The maximum Gasteiger partial charge on any atom is 0.242 e. The molecule has 0 aliphatic heterocycles. The predicted molar refractivity (Wildman–Crippen MR) is 113 cm³/mol. The lowest BCUT2D eigenvalue weighted by atomic mass is 9.99.